The molecule has 1 N–H and O–H groups in total. The summed E-state index contributed by atoms with van der Waals surface area (Å²) in [6.45, 7) is 2.36. The molecule has 2 aliphatic heterocycles. The Morgan fingerprint density at radius 2 is 2.18 bits per heavy atom. The predicted molar refractivity (Wildman–Crippen MR) is 77.9 cm³/mol. The molecular formula is C16H19F3N2O. The molecular weight excluding hydrogens is 293 g/mol. The summed E-state index contributed by atoms with van der Waals surface area (Å²) in [6.07, 6.45) is -1.66. The summed E-state index contributed by atoms with van der Waals surface area (Å²) in [5.41, 5.74) is 0.0415. The zero-order chi connectivity index (χ0) is 15.6. The number of nitrogens with zero attached hydrogens (tertiary/aromatic N) is 1. The fraction of sp³-hybridized carbons (Fsp3) is 0.562. The van der Waals surface area contributed by atoms with Gasteiger partial charge in [0.2, 0.25) is 0 Å². The number of halogens is 3. The van der Waals surface area contributed by atoms with Gasteiger partial charge in [0.25, 0.3) is 0 Å². The third-order valence-electron chi connectivity index (χ3n) is 4.11. The highest BCUT2D eigenvalue weighted by molar-refractivity contribution is 5.80. The first-order valence-electron chi connectivity index (χ1n) is 7.60. The van der Waals surface area contributed by atoms with Gasteiger partial charge in [-0.2, -0.15) is 13.2 Å². The highest BCUT2D eigenvalue weighted by Gasteiger charge is 2.31. The number of ether oxygens (including phenoxy) is 1. The SMILES string of the molecule is FC(F)(F)c1cccc(CC2COC(C3CCCNC3)=N2)c1. The van der Waals surface area contributed by atoms with Crippen LogP contribution in [-0.4, -0.2) is 31.6 Å². The Morgan fingerprint density at radius 3 is 2.91 bits per heavy atom. The molecule has 3 nitrogen and oxygen atoms in total. The molecule has 0 bridgehead atoms. The van der Waals surface area contributed by atoms with Crippen LogP contribution >= 0.6 is 0 Å². The van der Waals surface area contributed by atoms with Crippen molar-refractivity contribution in [2.45, 2.75) is 31.5 Å². The molecule has 0 aromatic heterocycles. The van der Waals surface area contributed by atoms with Gasteiger partial charge in [-0.3, -0.25) is 0 Å². The van der Waals surface area contributed by atoms with Crippen molar-refractivity contribution in [3.8, 4) is 0 Å². The second kappa shape index (κ2) is 6.28. The quantitative estimate of drug-likeness (QED) is 0.931. The van der Waals surface area contributed by atoms with E-state index in [2.05, 4.69) is 10.3 Å². The molecule has 0 spiro atoms. The van der Waals surface area contributed by atoms with E-state index in [0.717, 1.165) is 37.9 Å². The van der Waals surface area contributed by atoms with Gasteiger partial charge < -0.3 is 10.1 Å². The van der Waals surface area contributed by atoms with Crippen LogP contribution in [-0.2, 0) is 17.3 Å². The number of rotatable bonds is 3. The molecule has 0 amide bonds. The molecule has 6 heteroatoms. The van der Waals surface area contributed by atoms with Gasteiger partial charge in [0, 0.05) is 12.5 Å². The first kappa shape index (κ1) is 15.3. The number of nitrogens with one attached hydrogen (secondary N) is 1. The summed E-state index contributed by atoms with van der Waals surface area (Å²) < 4.78 is 43.8. The maximum atomic E-state index is 12.7. The third kappa shape index (κ3) is 3.61. The van der Waals surface area contributed by atoms with Crippen molar-refractivity contribution in [3.05, 3.63) is 35.4 Å². The molecule has 2 atom stereocenters. The van der Waals surface area contributed by atoms with Crippen molar-refractivity contribution >= 4 is 5.90 Å². The Labute approximate surface area is 127 Å². The van der Waals surface area contributed by atoms with Crippen LogP contribution in [0.5, 0.6) is 0 Å². The maximum Gasteiger partial charge on any atom is 0.416 e. The molecule has 1 fully saturated rings. The van der Waals surface area contributed by atoms with Crippen molar-refractivity contribution in [1.29, 1.82) is 0 Å². The summed E-state index contributed by atoms with van der Waals surface area (Å²) in [6, 6.07) is 5.38. The third-order valence-corrected chi connectivity index (χ3v) is 4.11. The Morgan fingerprint density at radius 1 is 1.32 bits per heavy atom. The molecule has 120 valence electrons. The summed E-state index contributed by atoms with van der Waals surface area (Å²) in [4.78, 5) is 4.57. The van der Waals surface area contributed by atoms with Crippen molar-refractivity contribution in [2.24, 2.45) is 10.9 Å². The standard InChI is InChI=1S/C16H19F3N2O/c17-16(18,19)13-5-1-3-11(7-13)8-14-10-22-15(21-14)12-4-2-6-20-9-12/h1,3,5,7,12,14,20H,2,4,6,8-10H2. The van der Waals surface area contributed by atoms with E-state index in [1.165, 1.54) is 12.1 Å². The van der Waals surface area contributed by atoms with Crippen LogP contribution in [0.1, 0.15) is 24.0 Å². The Bertz CT molecular complexity index is 551. The smallest absolute Gasteiger partial charge is 0.416 e. The van der Waals surface area contributed by atoms with Crippen LogP contribution in [0.2, 0.25) is 0 Å². The van der Waals surface area contributed by atoms with Crippen molar-refractivity contribution in [2.75, 3.05) is 19.7 Å². The van der Waals surface area contributed by atoms with Crippen LogP contribution < -0.4 is 5.32 Å². The largest absolute Gasteiger partial charge is 0.478 e. The molecule has 1 aromatic carbocycles. The molecule has 1 aromatic rings. The number of alkyl halides is 3. The van der Waals surface area contributed by atoms with E-state index in [1.807, 2.05) is 0 Å². The van der Waals surface area contributed by atoms with Crippen LogP contribution in [0.3, 0.4) is 0 Å². The highest BCUT2D eigenvalue weighted by Crippen LogP contribution is 2.30. The van der Waals surface area contributed by atoms with Crippen LogP contribution in [0, 0.1) is 5.92 Å². The fourth-order valence-electron chi connectivity index (χ4n) is 2.97. The summed E-state index contributed by atoms with van der Waals surface area (Å²) in [5.74, 6) is 1.07. The van der Waals surface area contributed by atoms with Crippen LogP contribution in [0.4, 0.5) is 13.2 Å². The minimum atomic E-state index is -4.30. The van der Waals surface area contributed by atoms with E-state index in [4.69, 9.17) is 4.74 Å². The van der Waals surface area contributed by atoms with Crippen LogP contribution in [0.15, 0.2) is 29.3 Å². The number of hydrogen-bond donors (Lipinski definition) is 1. The zero-order valence-corrected chi connectivity index (χ0v) is 12.2. The molecule has 2 heterocycles. The number of aliphatic imine (C=N–C) groups is 1. The van der Waals surface area contributed by atoms with E-state index in [1.54, 1.807) is 6.07 Å². The van der Waals surface area contributed by atoms with Gasteiger partial charge in [-0.15, -0.1) is 0 Å². The van der Waals surface area contributed by atoms with Crippen molar-refractivity contribution in [3.63, 3.8) is 0 Å². The average molecular weight is 312 g/mol. The van der Waals surface area contributed by atoms with E-state index < -0.39 is 11.7 Å². The molecule has 22 heavy (non-hydrogen) atoms. The first-order chi connectivity index (χ1) is 10.5. The first-order valence-corrected chi connectivity index (χ1v) is 7.60. The van der Waals surface area contributed by atoms with Gasteiger partial charge >= 0.3 is 6.18 Å². The summed E-state index contributed by atoms with van der Waals surface area (Å²) >= 11 is 0. The second-order valence-electron chi connectivity index (χ2n) is 5.88. The number of hydrogen-bond acceptors (Lipinski definition) is 3. The van der Waals surface area contributed by atoms with Gasteiger partial charge in [0.15, 0.2) is 5.90 Å². The van der Waals surface area contributed by atoms with Gasteiger partial charge in [0.05, 0.1) is 11.6 Å². The summed E-state index contributed by atoms with van der Waals surface area (Å²) in [7, 11) is 0. The van der Waals surface area contributed by atoms with Gasteiger partial charge in [-0.1, -0.05) is 18.2 Å². The van der Waals surface area contributed by atoms with Gasteiger partial charge in [0.1, 0.15) is 6.61 Å². The lowest BCUT2D eigenvalue weighted by molar-refractivity contribution is -0.137. The molecule has 0 aliphatic carbocycles. The van der Waals surface area contributed by atoms with E-state index >= 15 is 0 Å². The molecule has 1 saturated heterocycles. The molecule has 2 unspecified atom stereocenters. The Balaban J connectivity index is 1.65. The topological polar surface area (TPSA) is 33.6 Å². The minimum absolute atomic E-state index is 0.0830. The molecule has 3 rings (SSSR count). The summed E-state index contributed by atoms with van der Waals surface area (Å²) in [5, 5.41) is 3.31. The lowest BCUT2D eigenvalue weighted by Crippen LogP contribution is -2.34. The highest BCUT2D eigenvalue weighted by atomic mass is 19.4. The molecule has 0 radical (unpaired) electrons. The lowest BCUT2D eigenvalue weighted by atomic mass is 9.99. The Hall–Kier alpha value is -1.56. The van der Waals surface area contributed by atoms with E-state index in [9.17, 15) is 13.2 Å². The van der Waals surface area contributed by atoms with Gasteiger partial charge in [-0.25, -0.2) is 4.99 Å². The van der Waals surface area contributed by atoms with E-state index in [-0.39, 0.29) is 6.04 Å². The van der Waals surface area contributed by atoms with Gasteiger partial charge in [-0.05, 0) is 37.4 Å². The average Bonchev–Trinajstić information content (AvgIpc) is 2.96. The second-order valence-corrected chi connectivity index (χ2v) is 5.88. The molecule has 0 saturated carbocycles. The maximum absolute atomic E-state index is 12.7. The van der Waals surface area contributed by atoms with Crippen molar-refractivity contribution < 1.29 is 17.9 Å². The molecule has 2 aliphatic rings. The fourth-order valence-corrected chi connectivity index (χ4v) is 2.97. The number of benzene rings is 1. The minimum Gasteiger partial charge on any atom is -0.478 e. The monoisotopic (exact) mass is 312 g/mol. The lowest BCUT2D eigenvalue weighted by Gasteiger charge is -2.21. The van der Waals surface area contributed by atoms with Crippen LogP contribution in [0.25, 0.3) is 0 Å². The predicted octanol–water partition coefficient (Wildman–Crippen LogP) is 3.04. The zero-order valence-electron chi connectivity index (χ0n) is 12.2. The Kier molecular flexibility index (Phi) is 4.38. The van der Waals surface area contributed by atoms with Crippen molar-refractivity contribution in [1.82, 2.24) is 5.32 Å². The van der Waals surface area contributed by atoms with E-state index in [0.29, 0.717) is 24.5 Å². The number of piperidine rings is 1. The normalized spacial score (nSPS) is 25.7.